The maximum Gasteiger partial charge on any atom is 0.333 e. The van der Waals surface area contributed by atoms with Crippen LogP contribution in [0.3, 0.4) is 0 Å². The van der Waals surface area contributed by atoms with Crippen LogP contribution < -0.4 is 10.1 Å². The van der Waals surface area contributed by atoms with Gasteiger partial charge in [0, 0.05) is 64.8 Å². The lowest BCUT2D eigenvalue weighted by Gasteiger charge is -2.31. The minimum atomic E-state index is -1.13. The molecular formula is C34H52N2O12. The number of benzene rings is 1. The summed E-state index contributed by atoms with van der Waals surface area (Å²) in [6.07, 6.45) is 4.75. The van der Waals surface area contributed by atoms with E-state index in [0.717, 1.165) is 43.2 Å². The molecular weight excluding hydrogens is 628 g/mol. The summed E-state index contributed by atoms with van der Waals surface area (Å²) >= 11 is 0. The van der Waals surface area contributed by atoms with Gasteiger partial charge < -0.3 is 48.9 Å². The highest BCUT2D eigenvalue weighted by atomic mass is 16.7. The monoisotopic (exact) mass is 680 g/mol. The first-order valence-electron chi connectivity index (χ1n) is 16.4. The summed E-state index contributed by atoms with van der Waals surface area (Å²) in [4.78, 5) is 46.7. The predicted molar refractivity (Wildman–Crippen MR) is 174 cm³/mol. The molecule has 1 fully saturated rings. The lowest BCUT2D eigenvalue weighted by Crippen LogP contribution is -2.42. The van der Waals surface area contributed by atoms with Gasteiger partial charge in [0.15, 0.2) is 6.10 Å². The molecule has 0 aromatic heterocycles. The molecule has 0 saturated carbocycles. The number of nitrogens with zero attached hydrogens (tertiary/aromatic N) is 1. The van der Waals surface area contributed by atoms with Crippen molar-refractivity contribution in [1.82, 2.24) is 10.2 Å². The maximum absolute atomic E-state index is 11.9. The number of carboxylic acid groups (broad SMARTS) is 1. The summed E-state index contributed by atoms with van der Waals surface area (Å²) in [6, 6.07) is 5.72. The summed E-state index contributed by atoms with van der Waals surface area (Å²) < 4.78 is 33.4. The minimum Gasteiger partial charge on any atom is -0.479 e. The Bertz CT molecular complexity index is 1130. The molecule has 2 amide bonds. The van der Waals surface area contributed by atoms with Crippen molar-refractivity contribution in [3.05, 3.63) is 41.5 Å². The number of aldehydes is 1. The van der Waals surface area contributed by atoms with Crippen molar-refractivity contribution < 1.29 is 57.8 Å². The van der Waals surface area contributed by atoms with E-state index in [4.69, 9.17) is 28.4 Å². The number of nitrogens with one attached hydrogen (secondary N) is 1. The van der Waals surface area contributed by atoms with Gasteiger partial charge in [-0.1, -0.05) is 12.5 Å². The van der Waals surface area contributed by atoms with E-state index in [-0.39, 0.29) is 24.7 Å². The Labute approximate surface area is 282 Å². The Hall–Kier alpha value is -3.40. The molecule has 3 N–H and O–H groups in total. The Morgan fingerprint density at radius 3 is 2.44 bits per heavy atom. The predicted octanol–water partition coefficient (Wildman–Crippen LogP) is 2.03. The van der Waals surface area contributed by atoms with Crippen LogP contribution in [-0.2, 0) is 55.9 Å². The Kier molecular flexibility index (Phi) is 21.0. The van der Waals surface area contributed by atoms with Crippen LogP contribution >= 0.6 is 0 Å². The molecule has 1 aliphatic heterocycles. The normalized spacial score (nSPS) is 17.7. The number of amides is 2. The van der Waals surface area contributed by atoms with Crippen LogP contribution in [0.25, 0.3) is 0 Å². The van der Waals surface area contributed by atoms with Gasteiger partial charge >= 0.3 is 5.97 Å². The van der Waals surface area contributed by atoms with Gasteiger partial charge in [0.25, 0.3) is 0 Å². The van der Waals surface area contributed by atoms with Crippen LogP contribution in [0, 0.1) is 0 Å². The minimum absolute atomic E-state index is 0.0320. The standard InChI is InChI=1S/C34H52N2O12/c1-36(32(40)10-6-15-37)14-5-3-4-9-31(39)35-13-17-45-19-21-46-20-18-44-16-7-8-26-11-12-29(27(22-26)25-43-2)47-33-24-28(38)23-30(48-33)34(41)42/h6,10-12,15,22,28,30,33,38H,3-5,7-9,13-14,16-21,23-25H2,1-2H3,(H,35,39)(H,41,42)/b10-6-. The number of hydrogen-bond acceptors (Lipinski definition) is 11. The summed E-state index contributed by atoms with van der Waals surface area (Å²) in [5, 5.41) is 22.1. The number of unbranched alkanes of at least 4 members (excludes halogenated alkanes) is 2. The summed E-state index contributed by atoms with van der Waals surface area (Å²) in [5.74, 6) is -0.852. The second kappa shape index (κ2) is 24.7. The fraction of sp³-hybridized carbons (Fsp3) is 0.647. The zero-order valence-electron chi connectivity index (χ0n) is 28.1. The number of carbonyl (C=O) groups excluding carboxylic acids is 3. The van der Waals surface area contributed by atoms with Crippen molar-refractivity contribution in [2.75, 3.05) is 66.9 Å². The van der Waals surface area contributed by atoms with Crippen molar-refractivity contribution in [2.24, 2.45) is 0 Å². The van der Waals surface area contributed by atoms with Crippen LogP contribution in [0.15, 0.2) is 30.4 Å². The second-order valence-corrected chi connectivity index (χ2v) is 11.4. The number of aliphatic hydroxyl groups excluding tert-OH is 1. The molecule has 1 aliphatic rings. The highest BCUT2D eigenvalue weighted by Gasteiger charge is 2.34. The Morgan fingerprint density at radius 2 is 1.73 bits per heavy atom. The van der Waals surface area contributed by atoms with Crippen LogP contribution in [0.4, 0.5) is 0 Å². The molecule has 0 aliphatic carbocycles. The molecule has 270 valence electrons. The number of likely N-dealkylation sites (N-methyl/N-ethyl adjacent to an activating group) is 1. The Morgan fingerprint density at radius 1 is 1.00 bits per heavy atom. The molecule has 1 heterocycles. The molecule has 14 nitrogen and oxygen atoms in total. The Balaban J connectivity index is 1.46. The molecule has 0 radical (unpaired) electrons. The van der Waals surface area contributed by atoms with Crippen molar-refractivity contribution in [3.8, 4) is 5.75 Å². The van der Waals surface area contributed by atoms with E-state index in [1.807, 2.05) is 18.2 Å². The van der Waals surface area contributed by atoms with E-state index < -0.39 is 24.5 Å². The molecule has 1 aromatic carbocycles. The third kappa shape index (κ3) is 17.7. The lowest BCUT2D eigenvalue weighted by molar-refractivity contribution is -0.195. The summed E-state index contributed by atoms with van der Waals surface area (Å²) in [6.45, 7) is 4.03. The van der Waals surface area contributed by atoms with Gasteiger partial charge in [-0.05, 0) is 49.5 Å². The molecule has 14 heteroatoms. The average Bonchev–Trinajstić information content (AvgIpc) is 3.06. The first-order chi connectivity index (χ1) is 23.2. The highest BCUT2D eigenvalue weighted by Crippen LogP contribution is 2.27. The first kappa shape index (κ1) is 40.8. The van der Waals surface area contributed by atoms with E-state index in [9.17, 15) is 29.4 Å². The van der Waals surface area contributed by atoms with Crippen molar-refractivity contribution in [2.45, 2.75) is 76.5 Å². The quantitative estimate of drug-likeness (QED) is 0.0738. The van der Waals surface area contributed by atoms with Crippen LogP contribution in [0.5, 0.6) is 5.75 Å². The van der Waals surface area contributed by atoms with Crippen molar-refractivity contribution in [3.63, 3.8) is 0 Å². The van der Waals surface area contributed by atoms with Gasteiger partial charge in [0.05, 0.1) is 45.7 Å². The van der Waals surface area contributed by atoms with Gasteiger partial charge in [-0.25, -0.2) is 4.79 Å². The zero-order chi connectivity index (χ0) is 35.0. The van der Waals surface area contributed by atoms with Crippen LogP contribution in [-0.4, -0.2) is 125 Å². The molecule has 1 aromatic rings. The topological polar surface area (TPSA) is 179 Å². The lowest BCUT2D eigenvalue weighted by atomic mass is 10.0. The average molecular weight is 681 g/mol. The molecule has 0 spiro atoms. The van der Waals surface area contributed by atoms with Crippen molar-refractivity contribution >= 4 is 24.1 Å². The number of aliphatic carboxylic acids is 1. The number of aliphatic hydroxyl groups is 1. The van der Waals surface area contributed by atoms with Gasteiger partial charge in [-0.2, -0.15) is 0 Å². The summed E-state index contributed by atoms with van der Waals surface area (Å²) in [5.41, 5.74) is 1.88. The number of rotatable bonds is 26. The van der Waals surface area contributed by atoms with Gasteiger partial charge in [0.2, 0.25) is 18.1 Å². The van der Waals surface area contributed by atoms with Crippen LogP contribution in [0.2, 0.25) is 0 Å². The number of ether oxygens (including phenoxy) is 6. The van der Waals surface area contributed by atoms with E-state index in [2.05, 4.69) is 5.32 Å². The van der Waals surface area contributed by atoms with E-state index in [0.29, 0.717) is 77.8 Å². The maximum atomic E-state index is 11.9. The van der Waals surface area contributed by atoms with Gasteiger partial charge in [-0.3, -0.25) is 14.4 Å². The summed E-state index contributed by atoms with van der Waals surface area (Å²) in [7, 11) is 3.26. The third-order valence-corrected chi connectivity index (χ3v) is 7.38. The van der Waals surface area contributed by atoms with Crippen molar-refractivity contribution in [1.29, 1.82) is 0 Å². The molecule has 2 rings (SSSR count). The molecule has 1 saturated heterocycles. The van der Waals surface area contributed by atoms with E-state index in [1.54, 1.807) is 19.1 Å². The number of carboxylic acids is 1. The number of allylic oxidation sites excluding steroid dienone is 1. The molecule has 0 bridgehead atoms. The number of aryl methyl sites for hydroxylation is 1. The van der Waals surface area contributed by atoms with Gasteiger partial charge in [0.1, 0.15) is 12.0 Å². The van der Waals surface area contributed by atoms with Crippen LogP contribution in [0.1, 0.15) is 56.1 Å². The highest BCUT2D eigenvalue weighted by molar-refractivity contribution is 5.90. The fourth-order valence-corrected chi connectivity index (χ4v) is 4.85. The largest absolute Gasteiger partial charge is 0.479 e. The third-order valence-electron chi connectivity index (χ3n) is 7.38. The zero-order valence-corrected chi connectivity index (χ0v) is 28.1. The van der Waals surface area contributed by atoms with Gasteiger partial charge in [-0.15, -0.1) is 0 Å². The second-order valence-electron chi connectivity index (χ2n) is 11.4. The smallest absolute Gasteiger partial charge is 0.333 e. The van der Waals surface area contributed by atoms with E-state index >= 15 is 0 Å². The number of hydrogen-bond donors (Lipinski definition) is 3. The molecule has 48 heavy (non-hydrogen) atoms. The molecule has 3 unspecified atom stereocenters. The fourth-order valence-electron chi connectivity index (χ4n) is 4.85. The number of carbonyl (C=O) groups is 4. The molecule has 3 atom stereocenters. The SMILES string of the molecule is COCc1cc(CCCOCCOCCOCCNC(=O)CCCCCN(C)C(=O)/C=C\C=O)ccc1OC1CC(O)CC(C(=O)O)O1. The number of methoxy groups -OCH3 is 1. The van der Waals surface area contributed by atoms with E-state index in [1.165, 1.54) is 12.2 Å². The first-order valence-corrected chi connectivity index (χ1v) is 16.4.